The number of hydrogen-bond acceptors (Lipinski definition) is 16. The van der Waals surface area contributed by atoms with Crippen molar-refractivity contribution in [2.45, 2.75) is 89.6 Å². The number of benzene rings is 2. The summed E-state index contributed by atoms with van der Waals surface area (Å²) in [6, 6.07) is -0.496. The Kier molecular flexibility index (Phi) is 20.7. The summed E-state index contributed by atoms with van der Waals surface area (Å²) < 4.78 is 0. The summed E-state index contributed by atoms with van der Waals surface area (Å²) in [7, 11) is 0. The number of carbonyl (C=O) groups is 8. The predicted molar refractivity (Wildman–Crippen MR) is 251 cm³/mol. The van der Waals surface area contributed by atoms with Crippen molar-refractivity contribution in [2.75, 3.05) is 49.9 Å². The van der Waals surface area contributed by atoms with E-state index in [1.54, 1.807) is 13.8 Å². The van der Waals surface area contributed by atoms with Crippen LogP contribution in [-0.2, 0) is 28.8 Å². The van der Waals surface area contributed by atoms with Crippen molar-refractivity contribution in [1.29, 1.82) is 10.8 Å². The van der Waals surface area contributed by atoms with Crippen molar-refractivity contribution in [3.8, 4) is 11.5 Å². The minimum absolute atomic E-state index is 0.0947. The number of hydrogen-bond donors (Lipinski definition) is 18. The molecule has 0 bridgehead atoms. The highest BCUT2D eigenvalue weighted by Gasteiger charge is 2.38. The molecule has 2 aromatic rings. The predicted octanol–water partition coefficient (Wildman–Crippen LogP) is -3.87. The normalized spacial score (nSPS) is 14.2. The summed E-state index contributed by atoms with van der Waals surface area (Å²) >= 11 is 0. The quantitative estimate of drug-likeness (QED) is 0.0143. The summed E-state index contributed by atoms with van der Waals surface area (Å²) in [6.07, 6.45) is 1.09. The van der Waals surface area contributed by atoms with E-state index in [9.17, 15) is 48.6 Å². The number of phenolic OH excluding ortho intramolecular Hbond substituents is 2. The Hall–Kier alpha value is -7.74. The van der Waals surface area contributed by atoms with Crippen molar-refractivity contribution < 1.29 is 48.6 Å². The average Bonchev–Trinajstić information content (AvgIpc) is 3.27. The molecule has 1 aliphatic rings. The molecule has 0 heterocycles. The summed E-state index contributed by atoms with van der Waals surface area (Å²) in [5, 5.41) is 63.2. The minimum Gasteiger partial charge on any atom is -0.507 e. The lowest BCUT2D eigenvalue weighted by molar-refractivity contribution is -0.131. The first-order chi connectivity index (χ1) is 32.0. The summed E-state index contributed by atoms with van der Waals surface area (Å²) in [5.41, 5.74) is 20.8. The van der Waals surface area contributed by atoms with Gasteiger partial charge in [0.15, 0.2) is 11.9 Å². The van der Waals surface area contributed by atoms with Crippen LogP contribution in [0.5, 0.6) is 11.5 Å². The Labute approximate surface area is 392 Å². The lowest BCUT2D eigenvalue weighted by Gasteiger charge is -2.25. The SMILES string of the molecule is C[C@H](NCCNc1ccc(NCCN[C@@H](C)C(=O)N[C@@H](C)C(=O)N[C@@H](CCCNC(=N)N)C(N)=O)c2c1C(=O)c1c(O)ccc(O)c1C2=O)C(=O)N[C@@H](C)C(=O)N[C@@H](CCCNC(=N)N)C(N)=O. The Bertz CT molecular complexity index is 2090. The maximum absolute atomic E-state index is 14.0. The fourth-order valence-electron chi connectivity index (χ4n) is 6.85. The van der Waals surface area contributed by atoms with E-state index in [1.807, 2.05) is 0 Å². The zero-order valence-electron chi connectivity index (χ0n) is 38.3. The topological polar surface area (TPSA) is 449 Å². The minimum atomic E-state index is -1.04. The zero-order chi connectivity index (χ0) is 50.8. The van der Waals surface area contributed by atoms with Gasteiger partial charge in [0.1, 0.15) is 35.7 Å². The van der Waals surface area contributed by atoms with E-state index in [0.29, 0.717) is 12.8 Å². The van der Waals surface area contributed by atoms with E-state index in [2.05, 4.69) is 53.2 Å². The van der Waals surface area contributed by atoms with Crippen molar-refractivity contribution >= 4 is 70.3 Å². The third-order valence-electron chi connectivity index (χ3n) is 10.6. The van der Waals surface area contributed by atoms with Gasteiger partial charge in [0, 0.05) is 50.6 Å². The number of primary amides is 2. The lowest BCUT2D eigenvalue weighted by atomic mass is 9.81. The van der Waals surface area contributed by atoms with Gasteiger partial charge in [0.25, 0.3) is 0 Å². The average molecular weight is 953 g/mol. The molecule has 372 valence electrons. The van der Waals surface area contributed by atoms with Crippen LogP contribution in [-0.4, -0.2) is 145 Å². The highest BCUT2D eigenvalue weighted by atomic mass is 16.3. The standard InChI is InChI=1S/C42H64N16O10/c1-19(37(65)55-21(3)39(67)57-25(35(43)63)7-5-13-53-41(45)46)49-15-17-51-23-9-10-24(30-29(23)33(61)31-27(59)11-12-28(60)32(31)34(30)62)52-18-16-50-20(2)38(66)56-22(4)40(68)58-26(36(44)64)8-6-14-54-42(47)48/h9-12,19-22,25-26,49-52,59-60H,5-8,13-18H2,1-4H3,(H2,43,63)(H2,44,64)(H,55,65)(H,56,66)(H,57,67)(H,58,68)(H4,45,46,53)(H4,47,48,54)/t19-,20-,21-,22-,25-,26-/m0/s1. The van der Waals surface area contributed by atoms with Crippen molar-refractivity contribution in [1.82, 2.24) is 42.5 Å². The largest absolute Gasteiger partial charge is 0.507 e. The first-order valence-electron chi connectivity index (χ1n) is 21.8. The molecule has 3 rings (SSSR count). The Balaban J connectivity index is 1.61. The van der Waals surface area contributed by atoms with E-state index >= 15 is 0 Å². The molecule has 6 amide bonds. The van der Waals surface area contributed by atoms with Gasteiger partial charge >= 0.3 is 0 Å². The molecule has 26 heteroatoms. The number of amides is 6. The molecule has 0 aromatic heterocycles. The smallest absolute Gasteiger partial charge is 0.242 e. The molecule has 2 aromatic carbocycles. The molecule has 6 atom stereocenters. The Morgan fingerprint density at radius 1 is 0.500 bits per heavy atom. The van der Waals surface area contributed by atoms with Crippen LogP contribution in [0.3, 0.4) is 0 Å². The van der Waals surface area contributed by atoms with Crippen molar-refractivity contribution in [3.05, 3.63) is 46.5 Å². The fourth-order valence-corrected chi connectivity index (χ4v) is 6.85. The van der Waals surface area contributed by atoms with E-state index < -0.39 is 94.8 Å². The number of ketones is 2. The number of nitrogens with two attached hydrogens (primary N) is 4. The molecule has 1 aliphatic carbocycles. The molecule has 0 fully saturated rings. The highest BCUT2D eigenvalue weighted by molar-refractivity contribution is 6.33. The van der Waals surface area contributed by atoms with Gasteiger partial charge in [-0.15, -0.1) is 0 Å². The summed E-state index contributed by atoms with van der Waals surface area (Å²) in [4.78, 5) is 103. The maximum atomic E-state index is 14.0. The molecule has 0 spiro atoms. The molecule has 0 aliphatic heterocycles. The van der Waals surface area contributed by atoms with Gasteiger partial charge in [0.2, 0.25) is 47.0 Å². The van der Waals surface area contributed by atoms with Gasteiger partial charge in [-0.05, 0) is 77.6 Å². The van der Waals surface area contributed by atoms with Gasteiger partial charge in [-0.1, -0.05) is 0 Å². The number of guanidine groups is 2. The first-order valence-corrected chi connectivity index (χ1v) is 21.8. The Morgan fingerprint density at radius 3 is 1.16 bits per heavy atom. The van der Waals surface area contributed by atoms with Crippen molar-refractivity contribution in [3.63, 3.8) is 0 Å². The molecule has 0 radical (unpaired) electrons. The molecule has 68 heavy (non-hydrogen) atoms. The zero-order valence-corrected chi connectivity index (χ0v) is 38.3. The van der Waals surface area contributed by atoms with Crippen LogP contribution < -0.4 is 76.1 Å². The van der Waals surface area contributed by atoms with Gasteiger partial charge in [-0.3, -0.25) is 49.2 Å². The van der Waals surface area contributed by atoms with Gasteiger partial charge in [-0.25, -0.2) is 0 Å². The van der Waals surface area contributed by atoms with Crippen LogP contribution in [0.1, 0.15) is 85.2 Å². The number of nitrogens with one attached hydrogen (secondary N) is 12. The molecule has 0 saturated heterocycles. The van der Waals surface area contributed by atoms with E-state index in [1.165, 1.54) is 26.0 Å². The molecule has 22 N–H and O–H groups in total. The summed E-state index contributed by atoms with van der Waals surface area (Å²) in [6.45, 7) is 7.05. The number of carbonyl (C=O) groups excluding carboxylic acids is 8. The molecular formula is C42H64N16O10. The molecular weight excluding hydrogens is 889 g/mol. The van der Waals surface area contributed by atoms with Crippen LogP contribution >= 0.6 is 0 Å². The molecule has 0 unspecified atom stereocenters. The molecule has 0 saturated carbocycles. The second kappa shape index (κ2) is 25.8. The van der Waals surface area contributed by atoms with E-state index in [-0.39, 0.29) is 97.7 Å². The third-order valence-corrected chi connectivity index (χ3v) is 10.6. The molecule has 26 nitrogen and oxygen atoms in total. The van der Waals surface area contributed by atoms with Crippen LogP contribution in [0.4, 0.5) is 11.4 Å². The monoisotopic (exact) mass is 952 g/mol. The first kappa shape index (κ1) is 54.6. The Morgan fingerprint density at radius 2 is 0.838 bits per heavy atom. The van der Waals surface area contributed by atoms with Crippen LogP contribution in [0.2, 0.25) is 0 Å². The second-order valence-electron chi connectivity index (χ2n) is 16.0. The maximum Gasteiger partial charge on any atom is 0.242 e. The summed E-state index contributed by atoms with van der Waals surface area (Å²) in [5.74, 6) is -6.93. The van der Waals surface area contributed by atoms with E-state index in [0.717, 1.165) is 12.1 Å². The van der Waals surface area contributed by atoms with Gasteiger partial charge < -0.3 is 86.3 Å². The lowest BCUT2D eigenvalue weighted by Crippen LogP contribution is -2.54. The fraction of sp³-hybridized carbons (Fsp3) is 0.476. The third kappa shape index (κ3) is 15.7. The van der Waals surface area contributed by atoms with Gasteiger partial charge in [0.05, 0.1) is 34.3 Å². The second-order valence-corrected chi connectivity index (χ2v) is 16.0. The highest BCUT2D eigenvalue weighted by Crippen LogP contribution is 2.42. The van der Waals surface area contributed by atoms with Gasteiger partial charge in [-0.2, -0.15) is 0 Å². The van der Waals surface area contributed by atoms with Crippen LogP contribution in [0, 0.1) is 10.8 Å². The number of rotatable bonds is 28. The van der Waals surface area contributed by atoms with Crippen LogP contribution in [0.25, 0.3) is 0 Å². The number of anilines is 2. The van der Waals surface area contributed by atoms with E-state index in [4.69, 9.17) is 33.8 Å². The number of aromatic hydroxyl groups is 2. The van der Waals surface area contributed by atoms with Crippen molar-refractivity contribution in [2.24, 2.45) is 22.9 Å². The number of fused-ring (bicyclic) bond motifs is 2. The van der Waals surface area contributed by atoms with Crippen LogP contribution in [0.15, 0.2) is 24.3 Å². The number of phenols is 2.